The van der Waals surface area contributed by atoms with Gasteiger partial charge in [-0.3, -0.25) is 4.79 Å². The van der Waals surface area contributed by atoms with Gasteiger partial charge in [-0.15, -0.1) is 0 Å². The van der Waals surface area contributed by atoms with Crippen LogP contribution in [0, 0.1) is 6.92 Å². The number of ether oxygens (including phenoxy) is 1. The lowest BCUT2D eigenvalue weighted by atomic mass is 10.2. The summed E-state index contributed by atoms with van der Waals surface area (Å²) >= 11 is 0. The third kappa shape index (κ3) is 2.56. The zero-order valence-corrected chi connectivity index (χ0v) is 12.3. The van der Waals surface area contributed by atoms with Crippen molar-refractivity contribution in [3.8, 4) is 5.69 Å². The van der Waals surface area contributed by atoms with Gasteiger partial charge < -0.3 is 9.64 Å². The second-order valence-corrected chi connectivity index (χ2v) is 5.32. The first-order valence-corrected chi connectivity index (χ1v) is 7.17. The van der Waals surface area contributed by atoms with E-state index in [1.54, 1.807) is 0 Å². The van der Waals surface area contributed by atoms with Crippen molar-refractivity contribution >= 4 is 12.1 Å². The van der Waals surface area contributed by atoms with Gasteiger partial charge in [0.2, 0.25) is 0 Å². The molecule has 21 heavy (non-hydrogen) atoms. The van der Waals surface area contributed by atoms with Crippen LogP contribution >= 0.6 is 0 Å². The summed E-state index contributed by atoms with van der Waals surface area (Å²) in [5, 5.41) is 4.55. The minimum atomic E-state index is 0.151. The number of benzene rings is 1. The fraction of sp³-hybridized carbons (Fsp3) is 0.375. The van der Waals surface area contributed by atoms with Crippen molar-refractivity contribution in [1.82, 2.24) is 9.78 Å². The van der Waals surface area contributed by atoms with Crippen molar-refractivity contribution in [1.29, 1.82) is 0 Å². The van der Waals surface area contributed by atoms with Crippen LogP contribution in [0.2, 0.25) is 0 Å². The lowest BCUT2D eigenvalue weighted by Crippen LogP contribution is -2.42. The smallest absolute Gasteiger partial charge is 0.155 e. The number of morpholine rings is 1. The van der Waals surface area contributed by atoms with Gasteiger partial charge in [-0.05, 0) is 26.0 Å². The van der Waals surface area contributed by atoms with Crippen LogP contribution in [0.4, 0.5) is 5.82 Å². The van der Waals surface area contributed by atoms with E-state index in [2.05, 4.69) is 10.00 Å². The molecular formula is C16H19N3O2. The van der Waals surface area contributed by atoms with Gasteiger partial charge in [-0.1, -0.05) is 18.2 Å². The maximum absolute atomic E-state index is 11.5. The highest BCUT2D eigenvalue weighted by molar-refractivity contribution is 5.85. The molecule has 1 atom stereocenters. The molecule has 0 amide bonds. The molecule has 0 radical (unpaired) electrons. The van der Waals surface area contributed by atoms with Crippen molar-refractivity contribution in [3.05, 3.63) is 41.6 Å². The Hall–Kier alpha value is -2.14. The summed E-state index contributed by atoms with van der Waals surface area (Å²) in [7, 11) is 0. The van der Waals surface area contributed by atoms with Crippen LogP contribution in [0.25, 0.3) is 5.69 Å². The van der Waals surface area contributed by atoms with E-state index in [9.17, 15) is 4.79 Å². The summed E-state index contributed by atoms with van der Waals surface area (Å²) in [6, 6.07) is 9.90. The highest BCUT2D eigenvalue weighted by Crippen LogP contribution is 2.27. The number of hydrogen-bond acceptors (Lipinski definition) is 4. The van der Waals surface area contributed by atoms with Gasteiger partial charge in [-0.2, -0.15) is 5.10 Å². The summed E-state index contributed by atoms with van der Waals surface area (Å²) in [6.45, 7) is 6.11. The van der Waals surface area contributed by atoms with Crippen LogP contribution in [0.15, 0.2) is 30.3 Å². The summed E-state index contributed by atoms with van der Waals surface area (Å²) in [6.07, 6.45) is 1.05. The molecule has 2 heterocycles. The van der Waals surface area contributed by atoms with Crippen molar-refractivity contribution in [2.24, 2.45) is 0 Å². The number of aromatic nitrogens is 2. The second-order valence-electron chi connectivity index (χ2n) is 5.32. The van der Waals surface area contributed by atoms with E-state index < -0.39 is 0 Å². The van der Waals surface area contributed by atoms with Crippen LogP contribution in [0.3, 0.4) is 0 Å². The van der Waals surface area contributed by atoms with Gasteiger partial charge in [0.15, 0.2) is 6.29 Å². The minimum Gasteiger partial charge on any atom is -0.375 e. The zero-order valence-electron chi connectivity index (χ0n) is 12.3. The third-order valence-electron chi connectivity index (χ3n) is 3.74. The van der Waals surface area contributed by atoms with Crippen molar-refractivity contribution in [2.45, 2.75) is 20.0 Å². The number of anilines is 1. The zero-order chi connectivity index (χ0) is 14.8. The van der Waals surface area contributed by atoms with Gasteiger partial charge in [0.25, 0.3) is 0 Å². The average molecular weight is 285 g/mol. The summed E-state index contributed by atoms with van der Waals surface area (Å²) in [4.78, 5) is 13.7. The molecule has 0 N–H and O–H groups in total. The maximum Gasteiger partial charge on any atom is 0.155 e. The molecule has 110 valence electrons. The van der Waals surface area contributed by atoms with E-state index in [0.717, 1.165) is 36.6 Å². The fourth-order valence-corrected chi connectivity index (χ4v) is 2.73. The monoisotopic (exact) mass is 285 g/mol. The van der Waals surface area contributed by atoms with Gasteiger partial charge >= 0.3 is 0 Å². The Bertz CT molecular complexity index is 636. The van der Waals surface area contributed by atoms with E-state index in [0.29, 0.717) is 12.2 Å². The largest absolute Gasteiger partial charge is 0.375 e. The molecule has 0 aliphatic carbocycles. The molecule has 1 fully saturated rings. The molecule has 1 aromatic carbocycles. The Balaban J connectivity index is 2.10. The molecule has 2 aromatic rings. The molecule has 0 saturated carbocycles. The molecule has 1 saturated heterocycles. The van der Waals surface area contributed by atoms with Crippen molar-refractivity contribution in [3.63, 3.8) is 0 Å². The Morgan fingerprint density at radius 1 is 1.33 bits per heavy atom. The third-order valence-corrected chi connectivity index (χ3v) is 3.74. The van der Waals surface area contributed by atoms with E-state index in [-0.39, 0.29) is 6.10 Å². The minimum absolute atomic E-state index is 0.151. The molecule has 3 rings (SSSR count). The maximum atomic E-state index is 11.5. The van der Waals surface area contributed by atoms with Gasteiger partial charge in [0, 0.05) is 13.1 Å². The second kappa shape index (κ2) is 5.69. The molecular weight excluding hydrogens is 266 g/mol. The number of aryl methyl sites for hydroxylation is 1. The number of rotatable bonds is 3. The summed E-state index contributed by atoms with van der Waals surface area (Å²) in [5.74, 6) is 0.865. The van der Waals surface area contributed by atoms with Crippen LogP contribution in [0.5, 0.6) is 0 Å². The van der Waals surface area contributed by atoms with E-state index >= 15 is 0 Å². The molecule has 1 aliphatic rings. The summed E-state index contributed by atoms with van der Waals surface area (Å²) < 4.78 is 7.45. The summed E-state index contributed by atoms with van der Waals surface area (Å²) in [5.41, 5.74) is 2.37. The van der Waals surface area contributed by atoms with Crippen molar-refractivity contribution < 1.29 is 9.53 Å². The first-order valence-electron chi connectivity index (χ1n) is 7.17. The number of para-hydroxylation sites is 1. The number of carbonyl (C=O) groups excluding carboxylic acids is 1. The topological polar surface area (TPSA) is 47.4 Å². The normalized spacial score (nSPS) is 18.8. The Morgan fingerprint density at radius 3 is 2.76 bits per heavy atom. The van der Waals surface area contributed by atoms with Gasteiger partial charge in [0.1, 0.15) is 5.82 Å². The van der Waals surface area contributed by atoms with Crippen LogP contribution in [-0.2, 0) is 4.74 Å². The Morgan fingerprint density at radius 2 is 2.10 bits per heavy atom. The Kier molecular flexibility index (Phi) is 3.75. The number of aldehydes is 1. The van der Waals surface area contributed by atoms with Crippen LogP contribution < -0.4 is 4.90 Å². The molecule has 5 nitrogen and oxygen atoms in total. The van der Waals surface area contributed by atoms with Gasteiger partial charge in [-0.25, -0.2) is 4.68 Å². The molecule has 1 aliphatic heterocycles. The van der Waals surface area contributed by atoms with E-state index in [1.807, 2.05) is 48.9 Å². The lowest BCUT2D eigenvalue weighted by Gasteiger charge is -2.33. The highest BCUT2D eigenvalue weighted by atomic mass is 16.5. The van der Waals surface area contributed by atoms with Crippen LogP contribution in [-0.4, -0.2) is 41.9 Å². The van der Waals surface area contributed by atoms with Crippen molar-refractivity contribution in [2.75, 3.05) is 24.6 Å². The number of hydrogen-bond donors (Lipinski definition) is 0. The molecule has 0 spiro atoms. The average Bonchev–Trinajstić information content (AvgIpc) is 2.85. The lowest BCUT2D eigenvalue weighted by molar-refractivity contribution is 0.0527. The molecule has 0 bridgehead atoms. The fourth-order valence-electron chi connectivity index (χ4n) is 2.73. The predicted octanol–water partition coefficient (Wildman–Crippen LogP) is 2.22. The van der Waals surface area contributed by atoms with Crippen LogP contribution in [0.1, 0.15) is 23.0 Å². The number of nitrogens with zero attached hydrogens (tertiary/aromatic N) is 3. The quantitative estimate of drug-likeness (QED) is 0.811. The first-order chi connectivity index (χ1) is 10.2. The molecule has 1 unspecified atom stereocenters. The number of carbonyl (C=O) groups is 1. The van der Waals surface area contributed by atoms with E-state index in [4.69, 9.17) is 4.74 Å². The van der Waals surface area contributed by atoms with E-state index in [1.165, 1.54) is 0 Å². The standard InChI is InChI=1S/C16H19N3O2/c1-12-10-18(8-9-21-12)16-15(11-20)13(2)17-19(16)14-6-4-3-5-7-14/h3-7,11-12H,8-10H2,1-2H3. The molecule has 1 aromatic heterocycles. The molecule has 5 heteroatoms. The Labute approximate surface area is 124 Å². The first kappa shape index (κ1) is 13.8. The van der Waals surface area contributed by atoms with Gasteiger partial charge in [0.05, 0.1) is 29.7 Å². The predicted molar refractivity (Wildman–Crippen MR) is 81.3 cm³/mol. The highest BCUT2D eigenvalue weighted by Gasteiger charge is 2.25. The SMILES string of the molecule is Cc1nn(-c2ccccc2)c(N2CCOC(C)C2)c1C=O.